The second kappa shape index (κ2) is 5.72. The Morgan fingerprint density at radius 2 is 2.14 bits per heavy atom. The van der Waals surface area contributed by atoms with Gasteiger partial charge in [-0.25, -0.2) is 15.0 Å². The number of amides is 1. The quantitative estimate of drug-likeness (QED) is 0.806. The first-order valence-electron chi connectivity index (χ1n) is 6.10. The van der Waals surface area contributed by atoms with Gasteiger partial charge < -0.3 is 9.88 Å². The molecule has 0 atom stereocenters. The molecule has 3 rings (SSSR count). The van der Waals surface area contributed by atoms with Crippen LogP contribution in [0.15, 0.2) is 55.4 Å². The van der Waals surface area contributed by atoms with Gasteiger partial charge in [-0.1, -0.05) is 17.7 Å². The first-order chi connectivity index (χ1) is 10.2. The lowest BCUT2D eigenvalue weighted by Crippen LogP contribution is -2.14. The van der Waals surface area contributed by atoms with Crippen LogP contribution in [0.3, 0.4) is 0 Å². The van der Waals surface area contributed by atoms with Gasteiger partial charge in [-0.15, -0.1) is 0 Å². The number of rotatable bonds is 3. The van der Waals surface area contributed by atoms with E-state index in [-0.39, 0.29) is 16.8 Å². The van der Waals surface area contributed by atoms with Crippen LogP contribution in [0.4, 0.5) is 5.69 Å². The number of halogens is 1. The van der Waals surface area contributed by atoms with Crippen molar-refractivity contribution in [3.8, 4) is 5.69 Å². The van der Waals surface area contributed by atoms with Crippen LogP contribution in [-0.4, -0.2) is 25.4 Å². The molecule has 0 fully saturated rings. The number of benzene rings is 1. The molecule has 3 aromatic rings. The zero-order valence-electron chi connectivity index (χ0n) is 10.8. The van der Waals surface area contributed by atoms with E-state index in [0.29, 0.717) is 5.69 Å². The van der Waals surface area contributed by atoms with Crippen LogP contribution in [0, 0.1) is 0 Å². The minimum Gasteiger partial charge on any atom is -0.321 e. The topological polar surface area (TPSA) is 72.7 Å². The van der Waals surface area contributed by atoms with Crippen molar-refractivity contribution in [3.05, 3.63) is 66.2 Å². The van der Waals surface area contributed by atoms with Gasteiger partial charge in [-0.2, -0.15) is 0 Å². The summed E-state index contributed by atoms with van der Waals surface area (Å²) >= 11 is 5.64. The SMILES string of the molecule is O=C(Nc1cccc(-n2ccnc2)c1)c1cnc(Cl)cn1. The van der Waals surface area contributed by atoms with Gasteiger partial charge in [-0.05, 0) is 18.2 Å². The Bertz CT molecular complexity index is 755. The molecule has 0 bridgehead atoms. The lowest BCUT2D eigenvalue weighted by molar-refractivity contribution is 0.102. The molecule has 0 aliphatic heterocycles. The molecule has 6 nitrogen and oxygen atoms in total. The van der Waals surface area contributed by atoms with E-state index in [1.54, 1.807) is 18.6 Å². The third kappa shape index (κ3) is 3.06. The molecule has 104 valence electrons. The van der Waals surface area contributed by atoms with Crippen LogP contribution in [0.5, 0.6) is 0 Å². The van der Waals surface area contributed by atoms with Crippen LogP contribution in [-0.2, 0) is 0 Å². The van der Waals surface area contributed by atoms with Gasteiger partial charge in [0.2, 0.25) is 0 Å². The van der Waals surface area contributed by atoms with Gasteiger partial charge in [-0.3, -0.25) is 4.79 Å². The summed E-state index contributed by atoms with van der Waals surface area (Å²) in [7, 11) is 0. The molecular formula is C14H10ClN5O. The average Bonchev–Trinajstić information content (AvgIpc) is 3.02. The van der Waals surface area contributed by atoms with Crippen molar-refractivity contribution in [3.63, 3.8) is 0 Å². The summed E-state index contributed by atoms with van der Waals surface area (Å²) in [6.07, 6.45) is 7.86. The number of anilines is 1. The molecule has 1 aromatic carbocycles. The van der Waals surface area contributed by atoms with Crippen molar-refractivity contribution in [1.82, 2.24) is 19.5 Å². The lowest BCUT2D eigenvalue weighted by Gasteiger charge is -2.07. The second-order valence-corrected chi connectivity index (χ2v) is 4.59. The summed E-state index contributed by atoms with van der Waals surface area (Å²) in [4.78, 5) is 23.8. The van der Waals surface area contributed by atoms with Crippen molar-refractivity contribution in [2.75, 3.05) is 5.32 Å². The van der Waals surface area contributed by atoms with Crippen molar-refractivity contribution in [2.24, 2.45) is 0 Å². The van der Waals surface area contributed by atoms with E-state index in [4.69, 9.17) is 11.6 Å². The summed E-state index contributed by atoms with van der Waals surface area (Å²) in [5.41, 5.74) is 1.75. The Kier molecular flexibility index (Phi) is 3.61. The highest BCUT2D eigenvalue weighted by Crippen LogP contribution is 2.15. The van der Waals surface area contributed by atoms with Gasteiger partial charge in [0.15, 0.2) is 0 Å². The Hall–Kier alpha value is -2.73. The largest absolute Gasteiger partial charge is 0.321 e. The average molecular weight is 300 g/mol. The number of carbonyl (C=O) groups is 1. The molecule has 2 heterocycles. The summed E-state index contributed by atoms with van der Waals surface area (Å²) in [5, 5.41) is 3.01. The molecule has 7 heteroatoms. The van der Waals surface area contributed by atoms with E-state index in [9.17, 15) is 4.79 Å². The Balaban J connectivity index is 1.80. The van der Waals surface area contributed by atoms with Crippen molar-refractivity contribution >= 4 is 23.2 Å². The molecule has 0 radical (unpaired) electrons. The monoisotopic (exact) mass is 299 g/mol. The number of carbonyl (C=O) groups excluding carboxylic acids is 1. The van der Waals surface area contributed by atoms with Crippen LogP contribution in [0.25, 0.3) is 5.69 Å². The molecule has 0 aliphatic rings. The molecule has 0 spiro atoms. The highest BCUT2D eigenvalue weighted by molar-refractivity contribution is 6.29. The molecule has 1 N–H and O–H groups in total. The van der Waals surface area contributed by atoms with E-state index in [0.717, 1.165) is 5.69 Å². The number of hydrogen-bond acceptors (Lipinski definition) is 4. The second-order valence-electron chi connectivity index (χ2n) is 4.20. The summed E-state index contributed by atoms with van der Waals surface area (Å²) in [6.45, 7) is 0. The van der Waals surface area contributed by atoms with Crippen molar-refractivity contribution in [2.45, 2.75) is 0 Å². The molecule has 0 saturated carbocycles. The molecule has 1 amide bonds. The number of nitrogens with zero attached hydrogens (tertiary/aromatic N) is 4. The Morgan fingerprint density at radius 3 is 2.86 bits per heavy atom. The zero-order chi connectivity index (χ0) is 14.7. The molecule has 0 saturated heterocycles. The van der Waals surface area contributed by atoms with Gasteiger partial charge in [0, 0.05) is 23.8 Å². The zero-order valence-corrected chi connectivity index (χ0v) is 11.5. The van der Waals surface area contributed by atoms with Crippen molar-refractivity contribution < 1.29 is 4.79 Å². The van der Waals surface area contributed by atoms with Crippen molar-refractivity contribution in [1.29, 1.82) is 0 Å². The molecule has 0 unspecified atom stereocenters. The summed E-state index contributed by atoms with van der Waals surface area (Å²) < 4.78 is 1.84. The normalized spacial score (nSPS) is 10.3. The van der Waals surface area contributed by atoms with Gasteiger partial charge in [0.05, 0.1) is 18.7 Å². The molecule has 2 aromatic heterocycles. The highest BCUT2D eigenvalue weighted by Gasteiger charge is 2.08. The number of imidazole rings is 1. The standard InChI is InChI=1S/C14H10ClN5O/c15-13-8-17-12(7-18-13)14(21)19-10-2-1-3-11(6-10)20-5-4-16-9-20/h1-9H,(H,19,21). The van der Waals surface area contributed by atoms with Crippen LogP contribution in [0.2, 0.25) is 5.15 Å². The third-order valence-corrected chi connectivity index (χ3v) is 2.95. The summed E-state index contributed by atoms with van der Waals surface area (Å²) in [5.74, 6) is -0.345. The maximum absolute atomic E-state index is 12.0. The predicted molar refractivity (Wildman–Crippen MR) is 78.6 cm³/mol. The lowest BCUT2D eigenvalue weighted by atomic mass is 10.2. The minimum atomic E-state index is -0.345. The van der Waals surface area contributed by atoms with E-state index >= 15 is 0 Å². The first-order valence-corrected chi connectivity index (χ1v) is 6.47. The summed E-state index contributed by atoms with van der Waals surface area (Å²) in [6, 6.07) is 7.39. The van der Waals surface area contributed by atoms with E-state index in [1.807, 2.05) is 29.0 Å². The van der Waals surface area contributed by atoms with Crippen LogP contribution >= 0.6 is 11.6 Å². The molecule has 21 heavy (non-hydrogen) atoms. The van der Waals surface area contributed by atoms with Crippen LogP contribution < -0.4 is 5.32 Å². The number of aromatic nitrogens is 4. The van der Waals surface area contributed by atoms with Gasteiger partial charge in [0.25, 0.3) is 5.91 Å². The Labute approximate surface area is 125 Å². The van der Waals surface area contributed by atoms with Gasteiger partial charge >= 0.3 is 0 Å². The van der Waals surface area contributed by atoms with E-state index in [2.05, 4.69) is 20.3 Å². The highest BCUT2D eigenvalue weighted by atomic mass is 35.5. The van der Waals surface area contributed by atoms with Crippen LogP contribution in [0.1, 0.15) is 10.5 Å². The third-order valence-electron chi connectivity index (χ3n) is 2.76. The Morgan fingerprint density at radius 1 is 1.24 bits per heavy atom. The molecular weight excluding hydrogens is 290 g/mol. The molecule has 0 aliphatic carbocycles. The fraction of sp³-hybridized carbons (Fsp3) is 0. The predicted octanol–water partition coefficient (Wildman–Crippen LogP) is 2.57. The number of nitrogens with one attached hydrogen (secondary N) is 1. The van der Waals surface area contributed by atoms with E-state index in [1.165, 1.54) is 12.4 Å². The maximum atomic E-state index is 12.0. The first kappa shape index (κ1) is 13.3. The fourth-order valence-corrected chi connectivity index (χ4v) is 1.88. The smallest absolute Gasteiger partial charge is 0.275 e. The number of hydrogen-bond donors (Lipinski definition) is 1. The van der Waals surface area contributed by atoms with Gasteiger partial charge in [0.1, 0.15) is 10.8 Å². The minimum absolute atomic E-state index is 0.201. The van der Waals surface area contributed by atoms with E-state index < -0.39 is 0 Å². The fourth-order valence-electron chi connectivity index (χ4n) is 1.78. The maximum Gasteiger partial charge on any atom is 0.275 e.